The second-order valence-electron chi connectivity index (χ2n) is 4.30. The fourth-order valence-corrected chi connectivity index (χ4v) is 2.02. The first-order chi connectivity index (χ1) is 9.29. The van der Waals surface area contributed by atoms with Gasteiger partial charge in [-0.15, -0.1) is 0 Å². The smallest absolute Gasteiger partial charge is 0.0964 e. The first-order valence-corrected chi connectivity index (χ1v) is 7.31. The van der Waals surface area contributed by atoms with Crippen LogP contribution in [-0.4, -0.2) is 32.9 Å². The number of benzene rings is 1. The number of likely N-dealkylation sites (N-methyl/N-ethyl adjacent to an activating group) is 1. The summed E-state index contributed by atoms with van der Waals surface area (Å²) in [7, 11) is 0. The van der Waals surface area contributed by atoms with Crippen LogP contribution in [0.1, 0.15) is 31.9 Å². The highest BCUT2D eigenvalue weighted by Crippen LogP contribution is 2.24. The molecule has 0 aromatic heterocycles. The average molecular weight is 286 g/mol. The molecule has 0 saturated carbocycles. The van der Waals surface area contributed by atoms with Crippen LogP contribution in [0.5, 0.6) is 0 Å². The van der Waals surface area contributed by atoms with Gasteiger partial charge in [-0.3, -0.25) is 0 Å². The van der Waals surface area contributed by atoms with Gasteiger partial charge in [-0.05, 0) is 19.0 Å². The van der Waals surface area contributed by atoms with Crippen LogP contribution in [0.25, 0.3) is 0 Å². The molecule has 1 unspecified atom stereocenters. The van der Waals surface area contributed by atoms with Crippen molar-refractivity contribution in [3.63, 3.8) is 0 Å². The van der Waals surface area contributed by atoms with Crippen molar-refractivity contribution < 1.29 is 9.47 Å². The SMILES string of the molecule is CCCOCCOC(CNCC)c1ccccc1Cl. The van der Waals surface area contributed by atoms with Crippen molar-refractivity contribution in [3.8, 4) is 0 Å². The van der Waals surface area contributed by atoms with Gasteiger partial charge < -0.3 is 14.8 Å². The lowest BCUT2D eigenvalue weighted by Crippen LogP contribution is -2.24. The molecule has 19 heavy (non-hydrogen) atoms. The molecular weight excluding hydrogens is 262 g/mol. The standard InChI is InChI=1S/C15H24ClNO2/c1-3-9-18-10-11-19-15(12-17-4-2)13-7-5-6-8-14(13)16/h5-8,15,17H,3-4,9-12H2,1-2H3. The van der Waals surface area contributed by atoms with Crippen LogP contribution in [-0.2, 0) is 9.47 Å². The predicted molar refractivity (Wildman–Crippen MR) is 79.8 cm³/mol. The first-order valence-electron chi connectivity index (χ1n) is 6.94. The van der Waals surface area contributed by atoms with E-state index in [9.17, 15) is 0 Å². The van der Waals surface area contributed by atoms with E-state index in [0.717, 1.165) is 36.7 Å². The maximum atomic E-state index is 6.22. The normalized spacial score (nSPS) is 12.6. The van der Waals surface area contributed by atoms with Crippen LogP contribution >= 0.6 is 11.6 Å². The molecule has 0 spiro atoms. The Morgan fingerprint density at radius 3 is 2.63 bits per heavy atom. The quantitative estimate of drug-likeness (QED) is 0.668. The van der Waals surface area contributed by atoms with E-state index < -0.39 is 0 Å². The lowest BCUT2D eigenvalue weighted by atomic mass is 10.1. The van der Waals surface area contributed by atoms with Gasteiger partial charge in [-0.25, -0.2) is 0 Å². The fourth-order valence-electron chi connectivity index (χ4n) is 1.77. The van der Waals surface area contributed by atoms with E-state index in [1.165, 1.54) is 0 Å². The molecule has 1 aromatic carbocycles. The van der Waals surface area contributed by atoms with Crippen molar-refractivity contribution in [2.75, 3.05) is 32.9 Å². The molecule has 0 aliphatic carbocycles. The van der Waals surface area contributed by atoms with Gasteiger partial charge in [0.25, 0.3) is 0 Å². The van der Waals surface area contributed by atoms with Crippen molar-refractivity contribution >= 4 is 11.6 Å². The molecule has 0 fully saturated rings. The molecule has 0 heterocycles. The van der Waals surface area contributed by atoms with E-state index in [1.54, 1.807) is 0 Å². The van der Waals surface area contributed by atoms with Crippen LogP contribution in [0.4, 0.5) is 0 Å². The third-order valence-electron chi connectivity index (χ3n) is 2.73. The van der Waals surface area contributed by atoms with Crippen LogP contribution < -0.4 is 5.32 Å². The van der Waals surface area contributed by atoms with Crippen molar-refractivity contribution in [2.45, 2.75) is 26.4 Å². The van der Waals surface area contributed by atoms with Crippen LogP contribution in [0, 0.1) is 0 Å². The molecule has 0 radical (unpaired) electrons. The summed E-state index contributed by atoms with van der Waals surface area (Å²) >= 11 is 6.22. The zero-order valence-corrected chi connectivity index (χ0v) is 12.6. The summed E-state index contributed by atoms with van der Waals surface area (Å²) in [5, 5.41) is 4.05. The maximum Gasteiger partial charge on any atom is 0.0964 e. The molecule has 0 aliphatic heterocycles. The van der Waals surface area contributed by atoms with E-state index in [-0.39, 0.29) is 6.10 Å². The van der Waals surface area contributed by atoms with Gasteiger partial charge in [0.2, 0.25) is 0 Å². The van der Waals surface area contributed by atoms with E-state index in [0.29, 0.717) is 13.2 Å². The Kier molecular flexibility index (Phi) is 8.84. The molecule has 1 atom stereocenters. The largest absolute Gasteiger partial charge is 0.379 e. The molecule has 0 saturated heterocycles. The Labute approximate surface area is 121 Å². The minimum atomic E-state index is -0.0288. The van der Waals surface area contributed by atoms with E-state index >= 15 is 0 Å². The summed E-state index contributed by atoms with van der Waals surface area (Å²) < 4.78 is 11.3. The number of hydrogen-bond acceptors (Lipinski definition) is 3. The molecule has 0 bridgehead atoms. The minimum Gasteiger partial charge on any atom is -0.379 e. The Balaban J connectivity index is 2.49. The van der Waals surface area contributed by atoms with Crippen molar-refractivity contribution in [3.05, 3.63) is 34.9 Å². The van der Waals surface area contributed by atoms with Crippen molar-refractivity contribution in [2.24, 2.45) is 0 Å². The molecule has 1 N–H and O–H groups in total. The zero-order chi connectivity index (χ0) is 13.9. The van der Waals surface area contributed by atoms with E-state index in [4.69, 9.17) is 21.1 Å². The molecule has 3 nitrogen and oxygen atoms in total. The highest BCUT2D eigenvalue weighted by molar-refractivity contribution is 6.31. The van der Waals surface area contributed by atoms with E-state index in [1.807, 2.05) is 24.3 Å². The Morgan fingerprint density at radius 1 is 1.16 bits per heavy atom. The van der Waals surface area contributed by atoms with Crippen molar-refractivity contribution in [1.29, 1.82) is 0 Å². The monoisotopic (exact) mass is 285 g/mol. The maximum absolute atomic E-state index is 6.22. The number of hydrogen-bond donors (Lipinski definition) is 1. The highest BCUT2D eigenvalue weighted by atomic mass is 35.5. The van der Waals surface area contributed by atoms with Gasteiger partial charge in [-0.1, -0.05) is 43.6 Å². The number of rotatable bonds is 10. The van der Waals surface area contributed by atoms with Crippen molar-refractivity contribution in [1.82, 2.24) is 5.32 Å². The second-order valence-corrected chi connectivity index (χ2v) is 4.71. The molecule has 4 heteroatoms. The number of ether oxygens (including phenoxy) is 2. The van der Waals surface area contributed by atoms with Gasteiger partial charge in [0.1, 0.15) is 0 Å². The summed E-state index contributed by atoms with van der Waals surface area (Å²) in [4.78, 5) is 0. The van der Waals surface area contributed by atoms with Crippen LogP contribution in [0.2, 0.25) is 5.02 Å². The molecule has 108 valence electrons. The fraction of sp³-hybridized carbons (Fsp3) is 0.600. The Bertz CT molecular complexity index is 347. The Morgan fingerprint density at radius 2 is 1.95 bits per heavy atom. The Hall–Kier alpha value is -0.610. The van der Waals surface area contributed by atoms with Crippen LogP contribution in [0.15, 0.2) is 24.3 Å². The third-order valence-corrected chi connectivity index (χ3v) is 3.07. The van der Waals surface area contributed by atoms with Gasteiger partial charge in [-0.2, -0.15) is 0 Å². The van der Waals surface area contributed by atoms with Gasteiger partial charge in [0.15, 0.2) is 0 Å². The summed E-state index contributed by atoms with van der Waals surface area (Å²) in [6.45, 7) is 7.84. The molecule has 1 aromatic rings. The summed E-state index contributed by atoms with van der Waals surface area (Å²) in [5.74, 6) is 0. The lowest BCUT2D eigenvalue weighted by molar-refractivity contribution is 0.00449. The average Bonchev–Trinajstić information content (AvgIpc) is 2.43. The number of halogens is 1. The summed E-state index contributed by atoms with van der Waals surface area (Å²) in [6, 6.07) is 7.82. The molecule has 0 aliphatic rings. The third kappa shape index (κ3) is 6.39. The summed E-state index contributed by atoms with van der Waals surface area (Å²) in [6.07, 6.45) is 1.00. The minimum absolute atomic E-state index is 0.0288. The zero-order valence-electron chi connectivity index (χ0n) is 11.8. The topological polar surface area (TPSA) is 30.5 Å². The second kappa shape index (κ2) is 10.2. The number of nitrogens with one attached hydrogen (secondary N) is 1. The predicted octanol–water partition coefficient (Wildman–Crippen LogP) is 3.43. The van der Waals surface area contributed by atoms with Gasteiger partial charge >= 0.3 is 0 Å². The lowest BCUT2D eigenvalue weighted by Gasteiger charge is -2.20. The van der Waals surface area contributed by atoms with Gasteiger partial charge in [0.05, 0.1) is 19.3 Å². The molecule has 1 rings (SSSR count). The summed E-state index contributed by atoms with van der Waals surface area (Å²) in [5.41, 5.74) is 1.03. The van der Waals surface area contributed by atoms with Crippen LogP contribution in [0.3, 0.4) is 0 Å². The molecule has 0 amide bonds. The first kappa shape index (κ1) is 16.4. The van der Waals surface area contributed by atoms with E-state index in [2.05, 4.69) is 19.2 Å². The van der Waals surface area contributed by atoms with Gasteiger partial charge in [0, 0.05) is 23.7 Å². The highest BCUT2D eigenvalue weighted by Gasteiger charge is 2.14. The molecular formula is C15H24ClNO2.